The summed E-state index contributed by atoms with van der Waals surface area (Å²) in [5.41, 5.74) is 2.48. The Morgan fingerprint density at radius 2 is 1.89 bits per heavy atom. The van der Waals surface area contributed by atoms with Crippen LogP contribution in [0.15, 0.2) is 60.7 Å². The summed E-state index contributed by atoms with van der Waals surface area (Å²) in [6.45, 7) is 2.44. The summed E-state index contributed by atoms with van der Waals surface area (Å²) in [6.07, 6.45) is 0.831. The van der Waals surface area contributed by atoms with Gasteiger partial charge in [0.2, 0.25) is 0 Å². The van der Waals surface area contributed by atoms with Crippen molar-refractivity contribution >= 4 is 23.2 Å². The van der Waals surface area contributed by atoms with Gasteiger partial charge < -0.3 is 35.0 Å². The summed E-state index contributed by atoms with van der Waals surface area (Å²) < 4.78 is 12.0. The van der Waals surface area contributed by atoms with Gasteiger partial charge in [0, 0.05) is 30.7 Å². The van der Waals surface area contributed by atoms with Crippen LogP contribution in [-0.4, -0.2) is 58.5 Å². The highest BCUT2D eigenvalue weighted by atomic mass is 35.5. The molecule has 37 heavy (non-hydrogen) atoms. The van der Waals surface area contributed by atoms with Crippen LogP contribution in [0.25, 0.3) is 0 Å². The standard InChI is InChI=1S/C28H29ClN2O6/c29-19-5-8-23-18(13-19)16-37-28(23)9-11-31(12-10-28)15-21(33)17-36-26-14-20(32)6-7-22(26)27(35)30-24-3-1-2-4-25(24)34/h1-8,13-14,21,32-34H,9-12,15-17H2,(H,30,35)/t21-/m1/s1. The van der Waals surface area contributed by atoms with Crippen molar-refractivity contribution in [2.45, 2.75) is 31.2 Å². The Labute approximate surface area is 220 Å². The Balaban J connectivity index is 1.17. The molecular formula is C28H29ClN2O6. The van der Waals surface area contributed by atoms with Gasteiger partial charge in [-0.25, -0.2) is 0 Å². The number of carbonyl (C=O) groups is 1. The van der Waals surface area contributed by atoms with E-state index in [1.54, 1.807) is 18.2 Å². The third-order valence-corrected chi connectivity index (χ3v) is 7.22. The Hall–Kier alpha value is -3.30. The van der Waals surface area contributed by atoms with E-state index in [-0.39, 0.29) is 40.7 Å². The lowest BCUT2D eigenvalue weighted by molar-refractivity contribution is -0.0835. The second kappa shape index (κ2) is 10.6. The predicted octanol–water partition coefficient (Wildman–Crippen LogP) is 4.26. The van der Waals surface area contributed by atoms with Crippen molar-refractivity contribution in [2.24, 2.45) is 0 Å². The fourth-order valence-electron chi connectivity index (χ4n) is 5.05. The number of hydrogen-bond acceptors (Lipinski definition) is 7. The lowest BCUT2D eigenvalue weighted by Crippen LogP contribution is -2.46. The number of aromatic hydroxyl groups is 2. The van der Waals surface area contributed by atoms with Gasteiger partial charge in [0.15, 0.2) is 0 Å². The van der Waals surface area contributed by atoms with Crippen LogP contribution < -0.4 is 10.1 Å². The van der Waals surface area contributed by atoms with Crippen LogP contribution in [0.4, 0.5) is 5.69 Å². The lowest BCUT2D eigenvalue weighted by atomic mass is 9.84. The third kappa shape index (κ3) is 5.52. The second-order valence-corrected chi connectivity index (χ2v) is 9.94. The van der Waals surface area contributed by atoms with E-state index in [2.05, 4.69) is 16.3 Å². The molecule has 0 aliphatic carbocycles. The first-order chi connectivity index (χ1) is 17.8. The van der Waals surface area contributed by atoms with Gasteiger partial charge in [-0.3, -0.25) is 4.79 Å². The van der Waals surface area contributed by atoms with E-state index in [9.17, 15) is 20.1 Å². The number of hydrogen-bond donors (Lipinski definition) is 4. The van der Waals surface area contributed by atoms with Gasteiger partial charge in [0.25, 0.3) is 5.91 Å². The number of rotatable bonds is 7. The molecule has 1 amide bonds. The van der Waals surface area contributed by atoms with Crippen LogP contribution in [0.1, 0.15) is 34.3 Å². The summed E-state index contributed by atoms with van der Waals surface area (Å²) in [6, 6.07) is 16.5. The second-order valence-electron chi connectivity index (χ2n) is 9.50. The molecule has 4 N–H and O–H groups in total. The molecule has 5 rings (SSSR count). The minimum absolute atomic E-state index is 0.0558. The van der Waals surface area contributed by atoms with Gasteiger partial charge in [-0.05, 0) is 60.4 Å². The molecule has 3 aromatic rings. The number of fused-ring (bicyclic) bond motifs is 2. The number of nitrogens with one attached hydrogen (secondary N) is 1. The molecule has 0 bridgehead atoms. The van der Waals surface area contributed by atoms with E-state index in [0.29, 0.717) is 18.2 Å². The fraction of sp³-hybridized carbons (Fsp3) is 0.321. The van der Waals surface area contributed by atoms with Crippen molar-refractivity contribution < 1.29 is 29.6 Å². The number of β-amino-alcohol motifs (C(OH)–C–C–N with tert-alkyl or cyclic N) is 1. The zero-order valence-electron chi connectivity index (χ0n) is 20.2. The summed E-state index contributed by atoms with van der Waals surface area (Å²) in [5, 5.41) is 33.9. The van der Waals surface area contributed by atoms with Crippen molar-refractivity contribution in [1.82, 2.24) is 4.90 Å². The SMILES string of the molecule is O=C(Nc1ccccc1O)c1ccc(O)cc1OC[C@H](O)CN1CCC2(CC1)OCc1cc(Cl)ccc12. The molecule has 1 spiro atoms. The topological polar surface area (TPSA) is 111 Å². The number of halogens is 1. The maximum absolute atomic E-state index is 12.8. The number of aliphatic hydroxyl groups excluding tert-OH is 1. The van der Waals surface area contributed by atoms with Crippen molar-refractivity contribution in [1.29, 1.82) is 0 Å². The van der Waals surface area contributed by atoms with Crippen LogP contribution in [-0.2, 0) is 16.9 Å². The number of likely N-dealkylation sites (tertiary alicyclic amines) is 1. The summed E-state index contributed by atoms with van der Waals surface area (Å²) in [4.78, 5) is 15.0. The minimum atomic E-state index is -0.805. The molecule has 0 unspecified atom stereocenters. The normalized spacial score (nSPS) is 17.4. The molecule has 3 aromatic carbocycles. The molecule has 8 nitrogen and oxygen atoms in total. The van der Waals surface area contributed by atoms with E-state index in [1.165, 1.54) is 29.8 Å². The number of para-hydroxylation sites is 2. The van der Waals surface area contributed by atoms with Gasteiger partial charge in [0.05, 0.1) is 23.5 Å². The van der Waals surface area contributed by atoms with Crippen LogP contribution in [0.2, 0.25) is 5.02 Å². The molecule has 2 aliphatic rings. The third-order valence-electron chi connectivity index (χ3n) is 6.99. The first-order valence-corrected chi connectivity index (χ1v) is 12.6. The number of benzene rings is 3. The molecule has 2 aliphatic heterocycles. The quantitative estimate of drug-likeness (QED) is 0.342. The number of ether oxygens (including phenoxy) is 2. The fourth-order valence-corrected chi connectivity index (χ4v) is 5.25. The first-order valence-electron chi connectivity index (χ1n) is 12.2. The van der Waals surface area contributed by atoms with Crippen LogP contribution in [0, 0.1) is 0 Å². The van der Waals surface area contributed by atoms with Crippen molar-refractivity contribution in [2.75, 3.05) is 31.6 Å². The maximum atomic E-state index is 12.8. The molecule has 1 fully saturated rings. The van der Waals surface area contributed by atoms with Crippen LogP contribution in [0.5, 0.6) is 17.2 Å². The number of anilines is 1. The molecule has 0 radical (unpaired) electrons. The molecule has 9 heteroatoms. The molecule has 0 aromatic heterocycles. The van der Waals surface area contributed by atoms with Crippen molar-refractivity contribution in [3.8, 4) is 17.2 Å². The zero-order valence-corrected chi connectivity index (χ0v) is 20.9. The highest BCUT2D eigenvalue weighted by Gasteiger charge is 2.42. The van der Waals surface area contributed by atoms with E-state index in [1.807, 2.05) is 12.1 Å². The number of nitrogens with zero attached hydrogens (tertiary/aromatic N) is 1. The van der Waals surface area contributed by atoms with E-state index >= 15 is 0 Å². The van der Waals surface area contributed by atoms with Gasteiger partial charge in [-0.15, -0.1) is 0 Å². The number of aliphatic hydroxyl groups is 1. The summed E-state index contributed by atoms with van der Waals surface area (Å²) in [7, 11) is 0. The first kappa shape index (κ1) is 25.4. The van der Waals surface area contributed by atoms with Gasteiger partial charge in [-0.2, -0.15) is 0 Å². The molecule has 1 atom stereocenters. The van der Waals surface area contributed by atoms with E-state index in [0.717, 1.165) is 31.5 Å². The number of piperidine rings is 1. The highest BCUT2D eigenvalue weighted by molar-refractivity contribution is 6.30. The monoisotopic (exact) mass is 524 g/mol. The lowest BCUT2D eigenvalue weighted by Gasteiger charge is -2.39. The smallest absolute Gasteiger partial charge is 0.259 e. The number of phenolic OH excluding ortho intramolecular Hbond substituents is 2. The average molecular weight is 525 g/mol. The Kier molecular flexibility index (Phi) is 7.26. The van der Waals surface area contributed by atoms with Gasteiger partial charge in [0.1, 0.15) is 30.0 Å². The Bertz CT molecular complexity index is 1290. The zero-order chi connectivity index (χ0) is 26.0. The largest absolute Gasteiger partial charge is 0.508 e. The number of carbonyl (C=O) groups excluding carboxylic acids is 1. The Morgan fingerprint density at radius 3 is 2.68 bits per heavy atom. The number of phenols is 2. The predicted molar refractivity (Wildman–Crippen MR) is 139 cm³/mol. The molecular weight excluding hydrogens is 496 g/mol. The highest BCUT2D eigenvalue weighted by Crippen LogP contribution is 2.44. The van der Waals surface area contributed by atoms with E-state index < -0.39 is 12.0 Å². The molecule has 2 heterocycles. The molecule has 1 saturated heterocycles. The van der Waals surface area contributed by atoms with Gasteiger partial charge in [-0.1, -0.05) is 29.8 Å². The molecule has 0 saturated carbocycles. The van der Waals surface area contributed by atoms with Crippen LogP contribution in [0.3, 0.4) is 0 Å². The van der Waals surface area contributed by atoms with Gasteiger partial charge >= 0.3 is 0 Å². The Morgan fingerprint density at radius 1 is 1.11 bits per heavy atom. The van der Waals surface area contributed by atoms with Crippen molar-refractivity contribution in [3.63, 3.8) is 0 Å². The van der Waals surface area contributed by atoms with E-state index in [4.69, 9.17) is 21.1 Å². The minimum Gasteiger partial charge on any atom is -0.508 e. The average Bonchev–Trinajstić information content (AvgIpc) is 3.22. The van der Waals surface area contributed by atoms with Crippen molar-refractivity contribution in [3.05, 3.63) is 82.4 Å². The molecule has 194 valence electrons. The summed E-state index contributed by atoms with van der Waals surface area (Å²) >= 11 is 6.13. The van der Waals surface area contributed by atoms with Crippen LogP contribution >= 0.6 is 11.6 Å². The summed E-state index contributed by atoms with van der Waals surface area (Å²) in [5.74, 6) is -0.501. The number of amides is 1. The maximum Gasteiger partial charge on any atom is 0.259 e.